The van der Waals surface area contributed by atoms with Crippen LogP contribution in [0.3, 0.4) is 0 Å². The molecule has 10 atom stereocenters. The Kier molecular flexibility index (Phi) is 12.5. The first-order valence-corrected chi connectivity index (χ1v) is 22.5. The van der Waals surface area contributed by atoms with E-state index in [1.807, 2.05) is 24.3 Å². The summed E-state index contributed by atoms with van der Waals surface area (Å²) in [4.78, 5) is 4.77. The number of ether oxygens (including phenoxy) is 10. The van der Waals surface area contributed by atoms with E-state index < -0.39 is 22.0 Å². The number of aliphatic hydroxyl groups is 2. The lowest BCUT2D eigenvalue weighted by Crippen LogP contribution is -2.77. The molecule has 2 aromatic carbocycles. The summed E-state index contributed by atoms with van der Waals surface area (Å²) in [5, 5.41) is 24.6. The molecule has 2 saturated carbocycles. The summed E-state index contributed by atoms with van der Waals surface area (Å²) in [7, 11) is 6.77. The molecule has 340 valence electrons. The van der Waals surface area contributed by atoms with Crippen molar-refractivity contribution in [2.45, 2.75) is 110 Å². The van der Waals surface area contributed by atoms with Crippen molar-refractivity contribution >= 4 is 0 Å². The average Bonchev–Trinajstić information content (AvgIpc) is 3.81. The predicted octanol–water partition coefficient (Wildman–Crippen LogP) is 4.08. The lowest BCUT2D eigenvalue weighted by Gasteiger charge is -2.63. The van der Waals surface area contributed by atoms with Crippen molar-refractivity contribution in [3.63, 3.8) is 0 Å². The first kappa shape index (κ1) is 43.9. The highest BCUT2D eigenvalue weighted by atomic mass is 16.7. The maximum atomic E-state index is 12.3. The van der Waals surface area contributed by atoms with Gasteiger partial charge in [-0.2, -0.15) is 0 Å². The maximum Gasteiger partial charge on any atom is 0.189 e. The molecular formula is C48H66N2O12. The van der Waals surface area contributed by atoms with Gasteiger partial charge >= 0.3 is 0 Å². The Morgan fingerprint density at radius 1 is 0.645 bits per heavy atom. The number of methoxy groups -OCH3 is 4. The quantitative estimate of drug-likeness (QED) is 0.127. The van der Waals surface area contributed by atoms with Crippen molar-refractivity contribution in [2.75, 3.05) is 94.6 Å². The van der Waals surface area contributed by atoms with Crippen molar-refractivity contribution < 1.29 is 57.6 Å². The van der Waals surface area contributed by atoms with Gasteiger partial charge in [0.25, 0.3) is 0 Å². The SMILES string of the molecule is C=CCN1CC[C@]23c4c5ccc(OCOCCOC)c4O[C@H]2C(OC)CC[C@@]3(O)C1C5.C=CCN1CC[C@]23c4c5ccc(OCOCCOC)c4O[C@H]2C(OC)CC[C@@]3(O)C1C5. The number of benzene rings is 2. The molecule has 10 rings (SSSR count). The lowest BCUT2D eigenvalue weighted by molar-refractivity contribution is -0.210. The number of rotatable bonds is 18. The predicted molar refractivity (Wildman–Crippen MR) is 229 cm³/mol. The number of hydrogen-bond acceptors (Lipinski definition) is 14. The minimum atomic E-state index is -0.861. The number of likely N-dealkylation sites (tertiary alicyclic amines) is 2. The van der Waals surface area contributed by atoms with Crippen LogP contribution in [-0.2, 0) is 52.1 Å². The van der Waals surface area contributed by atoms with Crippen LogP contribution in [0.4, 0.5) is 0 Å². The molecule has 8 aliphatic rings. The van der Waals surface area contributed by atoms with Crippen LogP contribution in [0.2, 0.25) is 0 Å². The van der Waals surface area contributed by atoms with E-state index in [0.717, 1.165) is 87.3 Å². The first-order chi connectivity index (χ1) is 30.2. The van der Waals surface area contributed by atoms with Gasteiger partial charge in [-0.3, -0.25) is 9.80 Å². The summed E-state index contributed by atoms with van der Waals surface area (Å²) in [5.41, 5.74) is 2.06. The fourth-order valence-electron chi connectivity index (χ4n) is 13.2. The van der Waals surface area contributed by atoms with E-state index in [2.05, 4.69) is 35.1 Å². The largest absolute Gasteiger partial charge is 0.482 e. The second kappa shape index (κ2) is 17.6. The Labute approximate surface area is 365 Å². The molecule has 2 aromatic rings. The lowest BCUT2D eigenvalue weighted by atomic mass is 9.48. The van der Waals surface area contributed by atoms with Crippen LogP contribution >= 0.6 is 0 Å². The van der Waals surface area contributed by atoms with Gasteiger partial charge < -0.3 is 57.6 Å². The molecule has 62 heavy (non-hydrogen) atoms. The molecule has 4 aliphatic carbocycles. The van der Waals surface area contributed by atoms with Crippen molar-refractivity contribution in [3.8, 4) is 23.0 Å². The van der Waals surface area contributed by atoms with Gasteiger partial charge in [0.05, 0.1) is 60.7 Å². The molecule has 2 N–H and O–H groups in total. The third-order valence-electron chi connectivity index (χ3n) is 15.8. The van der Waals surface area contributed by atoms with Gasteiger partial charge in [0.2, 0.25) is 0 Å². The van der Waals surface area contributed by atoms with Gasteiger partial charge in [0.15, 0.2) is 36.6 Å². The van der Waals surface area contributed by atoms with Crippen LogP contribution in [0, 0.1) is 0 Å². The molecule has 4 unspecified atom stereocenters. The van der Waals surface area contributed by atoms with E-state index in [-0.39, 0.29) is 50.1 Å². The molecule has 4 fully saturated rings. The Morgan fingerprint density at radius 3 is 1.47 bits per heavy atom. The van der Waals surface area contributed by atoms with Crippen LogP contribution in [0.15, 0.2) is 49.6 Å². The van der Waals surface area contributed by atoms with E-state index in [1.165, 1.54) is 11.1 Å². The second-order valence-electron chi connectivity index (χ2n) is 18.2. The van der Waals surface area contributed by atoms with Crippen molar-refractivity contribution in [2.24, 2.45) is 0 Å². The highest BCUT2D eigenvalue weighted by Crippen LogP contribution is 2.67. The second-order valence-corrected chi connectivity index (χ2v) is 18.2. The van der Waals surface area contributed by atoms with Crippen LogP contribution in [0.1, 0.15) is 60.8 Å². The summed E-state index contributed by atoms with van der Waals surface area (Å²) in [6, 6.07) is 8.31. The van der Waals surface area contributed by atoms with Crippen molar-refractivity contribution in [1.29, 1.82) is 0 Å². The summed E-state index contributed by atoms with van der Waals surface area (Å²) in [6.45, 7) is 13.5. The van der Waals surface area contributed by atoms with Crippen LogP contribution in [0.25, 0.3) is 0 Å². The van der Waals surface area contributed by atoms with Crippen LogP contribution in [0.5, 0.6) is 23.0 Å². The van der Waals surface area contributed by atoms with E-state index >= 15 is 0 Å². The Morgan fingerprint density at radius 2 is 1.08 bits per heavy atom. The summed E-state index contributed by atoms with van der Waals surface area (Å²) in [6.07, 6.45) is 9.51. The zero-order valence-electron chi connectivity index (χ0n) is 36.9. The fraction of sp³-hybridized carbons (Fsp3) is 0.667. The Bertz CT molecular complexity index is 1830. The van der Waals surface area contributed by atoms with Crippen molar-refractivity contribution in [3.05, 3.63) is 71.8 Å². The van der Waals surface area contributed by atoms with E-state index in [0.29, 0.717) is 50.8 Å². The molecule has 0 amide bonds. The topological polar surface area (TPSA) is 139 Å². The summed E-state index contributed by atoms with van der Waals surface area (Å²) in [5.74, 6) is 2.86. The Hall–Kier alpha value is -3.28. The first-order valence-electron chi connectivity index (χ1n) is 22.5. The molecule has 4 heterocycles. The fourth-order valence-corrected chi connectivity index (χ4v) is 13.2. The van der Waals surface area contributed by atoms with Crippen LogP contribution in [-0.4, -0.2) is 162 Å². The highest BCUT2D eigenvalue weighted by molar-refractivity contribution is 5.64. The van der Waals surface area contributed by atoms with Gasteiger partial charge in [0, 0.05) is 64.7 Å². The molecule has 14 nitrogen and oxygen atoms in total. The molecule has 4 bridgehead atoms. The number of piperidine rings is 2. The number of nitrogens with zero attached hydrogens (tertiary/aromatic N) is 2. The van der Waals surface area contributed by atoms with Crippen molar-refractivity contribution in [1.82, 2.24) is 9.80 Å². The minimum Gasteiger partial charge on any atom is -0.482 e. The minimum absolute atomic E-state index is 0.0470. The monoisotopic (exact) mass is 862 g/mol. The molecule has 14 heteroatoms. The van der Waals surface area contributed by atoms with E-state index in [4.69, 9.17) is 47.4 Å². The number of hydrogen-bond donors (Lipinski definition) is 2. The normalized spacial score (nSPS) is 35.4. The highest BCUT2D eigenvalue weighted by Gasteiger charge is 2.74. The average molecular weight is 863 g/mol. The summed E-state index contributed by atoms with van der Waals surface area (Å²) >= 11 is 0. The Balaban J connectivity index is 0.000000158. The molecule has 2 spiro atoms. The van der Waals surface area contributed by atoms with Gasteiger partial charge in [-0.25, -0.2) is 0 Å². The smallest absolute Gasteiger partial charge is 0.189 e. The summed E-state index contributed by atoms with van der Waals surface area (Å²) < 4.78 is 58.0. The van der Waals surface area contributed by atoms with Gasteiger partial charge in [-0.15, -0.1) is 13.2 Å². The maximum absolute atomic E-state index is 12.3. The third-order valence-corrected chi connectivity index (χ3v) is 15.8. The van der Waals surface area contributed by atoms with E-state index in [1.54, 1.807) is 28.4 Å². The van der Waals surface area contributed by atoms with Gasteiger partial charge in [-0.05, 0) is 87.7 Å². The molecule has 0 radical (unpaired) electrons. The van der Waals surface area contributed by atoms with Gasteiger partial charge in [0.1, 0.15) is 12.2 Å². The standard InChI is InChI=1S/2C24H33NO6/c2*1-4-10-25-11-9-23-20-16-5-6-17(30-15-29-13-12-27-2)21(20)31-22(23)18(28-3)7-8-24(23,26)19(25)14-16/h2*4-6,18-19,22,26H,1,7-15H2,2-3H3/t2*18?,19?,22-,23-,24+/m00/s1. The zero-order chi connectivity index (χ0) is 43.3. The molecule has 0 aromatic heterocycles. The molecule has 4 aliphatic heterocycles. The van der Waals surface area contributed by atoms with Crippen LogP contribution < -0.4 is 18.9 Å². The van der Waals surface area contributed by atoms with E-state index in [9.17, 15) is 10.2 Å². The van der Waals surface area contributed by atoms with Gasteiger partial charge in [-0.1, -0.05) is 24.3 Å². The zero-order valence-corrected chi connectivity index (χ0v) is 36.9. The molecule has 2 saturated heterocycles. The molecular weight excluding hydrogens is 797 g/mol. The third kappa shape index (κ3) is 6.49.